The number of urea groups is 1. The molecule has 3 rings (SSSR count). The van der Waals surface area contributed by atoms with Gasteiger partial charge in [0.1, 0.15) is 18.0 Å². The Morgan fingerprint density at radius 2 is 2.12 bits per heavy atom. The molecule has 0 aliphatic heterocycles. The molecule has 2 amide bonds. The van der Waals surface area contributed by atoms with Crippen LogP contribution in [0.3, 0.4) is 0 Å². The number of aryl methyl sites for hydroxylation is 1. The van der Waals surface area contributed by atoms with Crippen LogP contribution in [0.15, 0.2) is 30.6 Å². The molecule has 128 valence electrons. The number of carbonyl (C=O) groups is 1. The fourth-order valence-electron chi connectivity index (χ4n) is 3.30. The number of rotatable bonds is 5. The summed E-state index contributed by atoms with van der Waals surface area (Å²) < 4.78 is 15.8. The summed E-state index contributed by atoms with van der Waals surface area (Å²) in [7, 11) is 1.77. The SMILES string of the molecule is Cn1ncnc1CNC(=O)NC(c1ccccc1F)C1CCCC1. The standard InChI is InChI=1S/C17H22FN5O/c1-23-15(20-11-21-23)10-19-17(24)22-16(12-6-2-3-7-12)13-8-4-5-9-14(13)18/h4-5,8-9,11-12,16H,2-3,6-7,10H2,1H3,(H2,19,22,24). The summed E-state index contributed by atoms with van der Waals surface area (Å²) in [5.41, 5.74) is 0.554. The molecule has 2 N–H and O–H groups in total. The minimum absolute atomic E-state index is 0.266. The number of hydrogen-bond acceptors (Lipinski definition) is 3. The zero-order chi connectivity index (χ0) is 16.9. The van der Waals surface area contributed by atoms with Crippen LogP contribution in [0.5, 0.6) is 0 Å². The zero-order valence-corrected chi connectivity index (χ0v) is 13.7. The number of halogens is 1. The molecule has 0 saturated heterocycles. The van der Waals surface area contributed by atoms with Gasteiger partial charge in [-0.2, -0.15) is 5.10 Å². The quantitative estimate of drug-likeness (QED) is 0.885. The lowest BCUT2D eigenvalue weighted by Gasteiger charge is -2.25. The summed E-state index contributed by atoms with van der Waals surface area (Å²) in [6.07, 6.45) is 5.69. The van der Waals surface area contributed by atoms with Gasteiger partial charge in [-0.1, -0.05) is 31.0 Å². The average Bonchev–Trinajstić information content (AvgIpc) is 3.23. The van der Waals surface area contributed by atoms with Crippen LogP contribution in [-0.2, 0) is 13.6 Å². The predicted molar refractivity (Wildman–Crippen MR) is 87.5 cm³/mol. The highest BCUT2D eigenvalue weighted by Gasteiger charge is 2.29. The van der Waals surface area contributed by atoms with Crippen LogP contribution in [-0.4, -0.2) is 20.8 Å². The van der Waals surface area contributed by atoms with Crippen molar-refractivity contribution >= 4 is 6.03 Å². The van der Waals surface area contributed by atoms with Crippen molar-refractivity contribution in [3.8, 4) is 0 Å². The summed E-state index contributed by atoms with van der Waals surface area (Å²) in [5, 5.41) is 9.69. The smallest absolute Gasteiger partial charge is 0.315 e. The van der Waals surface area contributed by atoms with Gasteiger partial charge in [-0.3, -0.25) is 4.68 Å². The topological polar surface area (TPSA) is 71.8 Å². The molecule has 1 aliphatic carbocycles. The van der Waals surface area contributed by atoms with Crippen molar-refractivity contribution in [2.45, 2.75) is 38.3 Å². The highest BCUT2D eigenvalue weighted by atomic mass is 19.1. The molecule has 1 unspecified atom stereocenters. The first-order valence-corrected chi connectivity index (χ1v) is 8.27. The molecule has 1 fully saturated rings. The third kappa shape index (κ3) is 3.72. The van der Waals surface area contributed by atoms with Gasteiger partial charge in [0.25, 0.3) is 0 Å². The lowest BCUT2D eigenvalue weighted by atomic mass is 9.91. The summed E-state index contributed by atoms with van der Waals surface area (Å²) in [6.45, 7) is 0.275. The van der Waals surface area contributed by atoms with E-state index >= 15 is 0 Å². The van der Waals surface area contributed by atoms with Gasteiger partial charge in [0, 0.05) is 12.6 Å². The van der Waals surface area contributed by atoms with Gasteiger partial charge in [0.15, 0.2) is 0 Å². The Labute approximate surface area is 140 Å². The summed E-state index contributed by atoms with van der Waals surface area (Å²) in [5.74, 6) is 0.652. The highest BCUT2D eigenvalue weighted by molar-refractivity contribution is 5.74. The molecule has 1 aromatic carbocycles. The van der Waals surface area contributed by atoms with Gasteiger partial charge in [0.2, 0.25) is 0 Å². The van der Waals surface area contributed by atoms with Crippen LogP contribution in [0, 0.1) is 11.7 Å². The largest absolute Gasteiger partial charge is 0.331 e. The van der Waals surface area contributed by atoms with Gasteiger partial charge in [-0.15, -0.1) is 0 Å². The molecule has 24 heavy (non-hydrogen) atoms. The van der Waals surface area contributed by atoms with E-state index in [1.165, 1.54) is 12.4 Å². The van der Waals surface area contributed by atoms with E-state index < -0.39 is 0 Å². The van der Waals surface area contributed by atoms with Crippen LogP contribution in [0.25, 0.3) is 0 Å². The molecule has 1 aliphatic rings. The maximum atomic E-state index is 14.2. The molecule has 1 atom stereocenters. The maximum Gasteiger partial charge on any atom is 0.315 e. The molecular formula is C17H22FN5O. The van der Waals surface area contributed by atoms with Crippen LogP contribution in [0.2, 0.25) is 0 Å². The van der Waals surface area contributed by atoms with E-state index in [2.05, 4.69) is 20.7 Å². The van der Waals surface area contributed by atoms with Crippen molar-refractivity contribution in [2.24, 2.45) is 13.0 Å². The Balaban J connectivity index is 1.68. The van der Waals surface area contributed by atoms with Gasteiger partial charge in [-0.05, 0) is 24.8 Å². The number of amides is 2. The normalized spacial score (nSPS) is 16.1. The van der Waals surface area contributed by atoms with E-state index in [4.69, 9.17) is 0 Å². The Morgan fingerprint density at radius 1 is 1.38 bits per heavy atom. The molecule has 1 aromatic heterocycles. The molecule has 0 radical (unpaired) electrons. The van der Waals surface area contributed by atoms with Gasteiger partial charge < -0.3 is 10.6 Å². The van der Waals surface area contributed by atoms with Crippen LogP contribution in [0.1, 0.15) is 43.1 Å². The van der Waals surface area contributed by atoms with E-state index in [1.807, 2.05) is 0 Å². The van der Waals surface area contributed by atoms with Gasteiger partial charge in [0.05, 0.1) is 12.6 Å². The second-order valence-electron chi connectivity index (χ2n) is 6.17. The minimum atomic E-state index is -0.321. The Morgan fingerprint density at radius 3 is 2.79 bits per heavy atom. The maximum absolute atomic E-state index is 14.2. The van der Waals surface area contributed by atoms with Gasteiger partial charge in [-0.25, -0.2) is 14.2 Å². The average molecular weight is 331 g/mol. The monoisotopic (exact) mass is 331 g/mol. The Hall–Kier alpha value is -2.44. The van der Waals surface area contributed by atoms with E-state index in [-0.39, 0.29) is 30.4 Å². The number of nitrogens with one attached hydrogen (secondary N) is 2. The lowest BCUT2D eigenvalue weighted by molar-refractivity contribution is 0.229. The summed E-state index contributed by atoms with van der Waals surface area (Å²) in [4.78, 5) is 16.4. The Bertz CT molecular complexity index is 696. The molecule has 2 aromatic rings. The third-order valence-electron chi connectivity index (χ3n) is 4.61. The third-order valence-corrected chi connectivity index (χ3v) is 4.61. The molecular weight excluding hydrogens is 309 g/mol. The minimum Gasteiger partial charge on any atom is -0.331 e. The number of aromatic nitrogens is 3. The predicted octanol–water partition coefficient (Wildman–Crippen LogP) is 2.68. The van der Waals surface area contributed by atoms with Crippen molar-refractivity contribution in [3.05, 3.63) is 47.8 Å². The summed E-state index contributed by atoms with van der Waals surface area (Å²) in [6, 6.07) is 6.03. The fraction of sp³-hybridized carbons (Fsp3) is 0.471. The first kappa shape index (κ1) is 16.4. The zero-order valence-electron chi connectivity index (χ0n) is 13.7. The molecule has 0 spiro atoms. The Kier molecular flexibility index (Phi) is 5.08. The van der Waals surface area contributed by atoms with Crippen LogP contribution < -0.4 is 10.6 Å². The second kappa shape index (κ2) is 7.42. The number of carbonyl (C=O) groups excluding carboxylic acids is 1. The summed E-state index contributed by atoms with van der Waals surface area (Å²) >= 11 is 0. The van der Waals surface area contributed by atoms with Crippen LogP contribution >= 0.6 is 0 Å². The van der Waals surface area contributed by atoms with Crippen molar-refractivity contribution in [3.63, 3.8) is 0 Å². The molecule has 1 saturated carbocycles. The van der Waals surface area contributed by atoms with E-state index in [0.29, 0.717) is 11.4 Å². The number of nitrogens with zero attached hydrogens (tertiary/aromatic N) is 3. The number of benzene rings is 1. The van der Waals surface area contributed by atoms with Crippen molar-refractivity contribution < 1.29 is 9.18 Å². The van der Waals surface area contributed by atoms with E-state index in [0.717, 1.165) is 25.7 Å². The van der Waals surface area contributed by atoms with Gasteiger partial charge >= 0.3 is 6.03 Å². The number of hydrogen-bond donors (Lipinski definition) is 2. The molecule has 6 nitrogen and oxygen atoms in total. The van der Waals surface area contributed by atoms with E-state index in [1.54, 1.807) is 29.9 Å². The molecule has 0 bridgehead atoms. The van der Waals surface area contributed by atoms with Crippen molar-refractivity contribution in [1.29, 1.82) is 0 Å². The first-order valence-electron chi connectivity index (χ1n) is 8.27. The van der Waals surface area contributed by atoms with Crippen molar-refractivity contribution in [2.75, 3.05) is 0 Å². The van der Waals surface area contributed by atoms with Crippen LogP contribution in [0.4, 0.5) is 9.18 Å². The fourth-order valence-corrected chi connectivity index (χ4v) is 3.30. The van der Waals surface area contributed by atoms with Crippen molar-refractivity contribution in [1.82, 2.24) is 25.4 Å². The van der Waals surface area contributed by atoms with E-state index in [9.17, 15) is 9.18 Å². The highest BCUT2D eigenvalue weighted by Crippen LogP contribution is 2.36. The molecule has 1 heterocycles. The first-order chi connectivity index (χ1) is 11.6. The second-order valence-corrected chi connectivity index (χ2v) is 6.17. The lowest BCUT2D eigenvalue weighted by Crippen LogP contribution is -2.40. The molecule has 7 heteroatoms.